The Bertz CT molecular complexity index is 470. The highest BCUT2D eigenvalue weighted by Crippen LogP contribution is 2.43. The minimum atomic E-state index is 0.290. The molecular weight excluding hydrogens is 302 g/mol. The lowest BCUT2D eigenvalue weighted by Gasteiger charge is -2.36. The highest BCUT2D eigenvalue weighted by atomic mass is 32.2. The predicted molar refractivity (Wildman–Crippen MR) is 94.1 cm³/mol. The summed E-state index contributed by atoms with van der Waals surface area (Å²) in [5.41, 5.74) is 1.21. The lowest BCUT2D eigenvalue weighted by Crippen LogP contribution is -2.35. The third-order valence-corrected chi connectivity index (χ3v) is 7.53. The Morgan fingerprint density at radius 1 is 1.19 bits per heavy atom. The molecule has 0 radical (unpaired) electrons. The van der Waals surface area contributed by atoms with Gasteiger partial charge in [0.2, 0.25) is 0 Å². The van der Waals surface area contributed by atoms with Gasteiger partial charge in [0.1, 0.15) is 11.5 Å². The molecule has 1 aromatic rings. The van der Waals surface area contributed by atoms with E-state index < -0.39 is 0 Å². The molecule has 5 heteroatoms. The number of ether oxygens (including phenoxy) is 2. The summed E-state index contributed by atoms with van der Waals surface area (Å²) in [6.45, 7) is 4.65. The number of thioether (sulfide) groups is 2. The van der Waals surface area contributed by atoms with Gasteiger partial charge in [-0.05, 0) is 13.1 Å². The van der Waals surface area contributed by atoms with Crippen LogP contribution in [0.2, 0.25) is 0 Å². The quantitative estimate of drug-likeness (QED) is 0.893. The molecule has 0 amide bonds. The topological polar surface area (TPSA) is 30.5 Å². The van der Waals surface area contributed by atoms with E-state index in [0.29, 0.717) is 16.5 Å². The second-order valence-corrected chi connectivity index (χ2v) is 8.32. The van der Waals surface area contributed by atoms with Crippen LogP contribution in [0.3, 0.4) is 0 Å². The van der Waals surface area contributed by atoms with E-state index in [0.717, 1.165) is 22.5 Å². The lowest BCUT2D eigenvalue weighted by molar-refractivity contribution is 0.385. The summed E-state index contributed by atoms with van der Waals surface area (Å²) < 4.78 is 10.9. The first-order valence-corrected chi connectivity index (χ1v) is 9.26. The van der Waals surface area contributed by atoms with Gasteiger partial charge in [-0.2, -0.15) is 23.5 Å². The minimum absolute atomic E-state index is 0.290. The summed E-state index contributed by atoms with van der Waals surface area (Å²) >= 11 is 4.15. The highest BCUT2D eigenvalue weighted by molar-refractivity contribution is 8.07. The largest absolute Gasteiger partial charge is 0.497 e. The van der Waals surface area contributed by atoms with Gasteiger partial charge in [0, 0.05) is 39.2 Å². The Hall–Kier alpha value is -0.520. The second kappa shape index (κ2) is 7.65. The lowest BCUT2D eigenvalue weighted by atomic mass is 10.0. The van der Waals surface area contributed by atoms with Gasteiger partial charge in [0.15, 0.2) is 0 Å². The van der Waals surface area contributed by atoms with Crippen LogP contribution in [0.1, 0.15) is 25.5 Å². The predicted octanol–water partition coefficient (Wildman–Crippen LogP) is 3.59. The number of methoxy groups -OCH3 is 2. The van der Waals surface area contributed by atoms with Crippen molar-refractivity contribution in [3.63, 3.8) is 0 Å². The molecule has 4 unspecified atom stereocenters. The van der Waals surface area contributed by atoms with Crippen LogP contribution in [0.4, 0.5) is 0 Å². The fourth-order valence-electron chi connectivity index (χ4n) is 2.60. The van der Waals surface area contributed by atoms with Crippen LogP contribution in [0.25, 0.3) is 0 Å². The Kier molecular flexibility index (Phi) is 6.14. The zero-order valence-electron chi connectivity index (χ0n) is 13.4. The van der Waals surface area contributed by atoms with Crippen molar-refractivity contribution in [2.24, 2.45) is 0 Å². The van der Waals surface area contributed by atoms with Crippen molar-refractivity contribution in [3.8, 4) is 11.5 Å². The number of hydrogen-bond donors (Lipinski definition) is 1. The highest BCUT2D eigenvalue weighted by Gasteiger charge is 2.32. The zero-order valence-corrected chi connectivity index (χ0v) is 15.0. The first-order valence-electron chi connectivity index (χ1n) is 7.27. The van der Waals surface area contributed by atoms with E-state index in [9.17, 15) is 0 Å². The van der Waals surface area contributed by atoms with E-state index in [1.165, 1.54) is 5.56 Å². The second-order valence-electron chi connectivity index (χ2n) is 5.29. The third-order valence-electron chi connectivity index (χ3n) is 4.03. The Morgan fingerprint density at radius 3 is 2.52 bits per heavy atom. The number of rotatable bonds is 5. The molecule has 1 saturated heterocycles. The van der Waals surface area contributed by atoms with E-state index in [2.05, 4.69) is 48.8 Å². The molecule has 1 fully saturated rings. The van der Waals surface area contributed by atoms with Crippen LogP contribution in [0.15, 0.2) is 18.2 Å². The Balaban J connectivity index is 2.24. The van der Waals surface area contributed by atoms with Crippen LogP contribution in [0, 0.1) is 0 Å². The van der Waals surface area contributed by atoms with Gasteiger partial charge >= 0.3 is 0 Å². The molecule has 0 aromatic heterocycles. The van der Waals surface area contributed by atoms with E-state index >= 15 is 0 Å². The third kappa shape index (κ3) is 3.82. The first-order chi connectivity index (χ1) is 10.1. The smallest absolute Gasteiger partial charge is 0.127 e. The van der Waals surface area contributed by atoms with E-state index in [1.807, 2.05) is 19.2 Å². The standard InChI is InChI=1S/C16H25NO2S2/c1-10-11(2)21-15(9-20-10)16(17-3)13-7-6-12(18-4)8-14(13)19-5/h6-8,10-11,15-17H,9H2,1-5H3. The molecule has 1 N–H and O–H groups in total. The zero-order chi connectivity index (χ0) is 15.4. The average Bonchev–Trinajstić information content (AvgIpc) is 2.51. The van der Waals surface area contributed by atoms with Crippen LogP contribution < -0.4 is 14.8 Å². The van der Waals surface area contributed by atoms with Crippen LogP contribution >= 0.6 is 23.5 Å². The van der Waals surface area contributed by atoms with Crippen molar-refractivity contribution in [1.29, 1.82) is 0 Å². The molecule has 118 valence electrons. The molecule has 21 heavy (non-hydrogen) atoms. The van der Waals surface area contributed by atoms with Gasteiger partial charge in [-0.1, -0.05) is 19.9 Å². The maximum atomic E-state index is 5.57. The maximum Gasteiger partial charge on any atom is 0.127 e. The average molecular weight is 328 g/mol. The molecule has 1 heterocycles. The van der Waals surface area contributed by atoms with Gasteiger partial charge in [-0.25, -0.2) is 0 Å². The summed E-state index contributed by atoms with van der Waals surface area (Å²) in [6, 6.07) is 6.38. The first kappa shape index (κ1) is 16.8. The van der Waals surface area contributed by atoms with Crippen molar-refractivity contribution < 1.29 is 9.47 Å². The van der Waals surface area contributed by atoms with Gasteiger partial charge in [0.05, 0.1) is 14.2 Å². The van der Waals surface area contributed by atoms with Crippen LogP contribution in [-0.4, -0.2) is 42.8 Å². The van der Waals surface area contributed by atoms with Gasteiger partial charge in [0.25, 0.3) is 0 Å². The summed E-state index contributed by atoms with van der Waals surface area (Å²) in [7, 11) is 5.43. The molecular formula is C16H25NO2S2. The fraction of sp³-hybridized carbons (Fsp3) is 0.625. The molecule has 0 aliphatic carbocycles. The minimum Gasteiger partial charge on any atom is -0.497 e. The number of benzene rings is 1. The molecule has 2 rings (SSSR count). The molecule has 0 bridgehead atoms. The molecule has 0 saturated carbocycles. The van der Waals surface area contributed by atoms with Gasteiger partial charge in [-0.15, -0.1) is 0 Å². The van der Waals surface area contributed by atoms with E-state index in [4.69, 9.17) is 9.47 Å². The normalized spacial score (nSPS) is 27.2. The molecule has 1 aliphatic rings. The van der Waals surface area contributed by atoms with E-state index in [-0.39, 0.29) is 0 Å². The summed E-state index contributed by atoms with van der Waals surface area (Å²) in [6.07, 6.45) is 0. The molecule has 1 aromatic carbocycles. The van der Waals surface area contributed by atoms with Crippen molar-refractivity contribution in [2.75, 3.05) is 27.0 Å². The monoisotopic (exact) mass is 327 g/mol. The van der Waals surface area contributed by atoms with Crippen LogP contribution in [0.5, 0.6) is 11.5 Å². The van der Waals surface area contributed by atoms with Crippen molar-refractivity contribution in [2.45, 2.75) is 35.6 Å². The Labute approximate surface area is 136 Å². The summed E-state index contributed by atoms with van der Waals surface area (Å²) in [5, 5.41) is 5.43. The molecule has 4 atom stereocenters. The van der Waals surface area contributed by atoms with Gasteiger partial charge in [-0.3, -0.25) is 0 Å². The van der Waals surface area contributed by atoms with Crippen LogP contribution in [-0.2, 0) is 0 Å². The molecule has 0 spiro atoms. The molecule has 3 nitrogen and oxygen atoms in total. The number of nitrogens with one attached hydrogen (secondary N) is 1. The van der Waals surface area contributed by atoms with E-state index in [1.54, 1.807) is 14.2 Å². The van der Waals surface area contributed by atoms with Crippen molar-refractivity contribution in [3.05, 3.63) is 23.8 Å². The van der Waals surface area contributed by atoms with Crippen molar-refractivity contribution >= 4 is 23.5 Å². The van der Waals surface area contributed by atoms with Gasteiger partial charge < -0.3 is 14.8 Å². The SMILES string of the molecule is CNC(c1ccc(OC)cc1OC)C1CSC(C)C(C)S1. The molecule has 1 aliphatic heterocycles. The fourth-order valence-corrected chi connectivity index (χ4v) is 5.75. The Morgan fingerprint density at radius 2 is 1.95 bits per heavy atom. The number of hydrogen-bond acceptors (Lipinski definition) is 5. The van der Waals surface area contributed by atoms with Crippen molar-refractivity contribution in [1.82, 2.24) is 5.32 Å². The summed E-state index contributed by atoms with van der Waals surface area (Å²) in [5.74, 6) is 2.89. The summed E-state index contributed by atoms with van der Waals surface area (Å²) in [4.78, 5) is 0. The maximum absolute atomic E-state index is 5.57.